The molecule has 0 saturated carbocycles. The minimum Gasteiger partial charge on any atom is -0.364 e. The second-order valence-corrected chi connectivity index (χ2v) is 5.27. The molecule has 0 amide bonds. The fourth-order valence-corrected chi connectivity index (χ4v) is 2.33. The van der Waals surface area contributed by atoms with Gasteiger partial charge >= 0.3 is 8.97 Å². The van der Waals surface area contributed by atoms with E-state index in [4.69, 9.17) is 24.7 Å². The number of hydrogen-bond donors (Lipinski definition) is 3. The number of nitrogens with one attached hydrogen (secondary N) is 1. The van der Waals surface area contributed by atoms with Gasteiger partial charge in [0.15, 0.2) is 0 Å². The van der Waals surface area contributed by atoms with Crippen molar-refractivity contribution in [2.24, 2.45) is 11.5 Å². The van der Waals surface area contributed by atoms with Gasteiger partial charge in [0.2, 0.25) is 0 Å². The van der Waals surface area contributed by atoms with Gasteiger partial charge in [-0.15, -0.1) is 0 Å². The molecule has 13 heavy (non-hydrogen) atoms. The van der Waals surface area contributed by atoms with E-state index in [1.165, 1.54) is 21.3 Å². The monoisotopic (exact) mass is 209 g/mol. The first kappa shape index (κ1) is 13.0. The molecule has 0 aromatic carbocycles. The van der Waals surface area contributed by atoms with Crippen LogP contribution in [0.1, 0.15) is 13.3 Å². The lowest BCUT2D eigenvalue weighted by atomic mass is 10.3. The summed E-state index contributed by atoms with van der Waals surface area (Å²) in [7, 11) is 1.58. The summed E-state index contributed by atoms with van der Waals surface area (Å²) in [6.45, 7) is 1.85. The van der Waals surface area contributed by atoms with Crippen molar-refractivity contribution in [2.45, 2.75) is 19.1 Å². The van der Waals surface area contributed by atoms with Crippen LogP contribution in [0.2, 0.25) is 0 Å². The van der Waals surface area contributed by atoms with Crippen molar-refractivity contribution in [3.8, 4) is 0 Å². The van der Waals surface area contributed by atoms with Crippen molar-refractivity contribution in [2.75, 3.05) is 21.3 Å². The quantitative estimate of drug-likeness (QED) is 0.381. The predicted octanol–water partition coefficient (Wildman–Crippen LogP) is -1.07. The zero-order valence-electron chi connectivity index (χ0n) is 8.59. The SMILES string of the molecule is CCC(N)(N)N[Si](OC)(OC)OC. The first-order valence-electron chi connectivity index (χ1n) is 3.98. The Labute approximate surface area is 80.0 Å². The highest BCUT2D eigenvalue weighted by Gasteiger charge is 2.44. The van der Waals surface area contributed by atoms with Gasteiger partial charge in [0.05, 0.1) is 0 Å². The molecule has 7 heteroatoms. The van der Waals surface area contributed by atoms with Crippen LogP contribution in [0.4, 0.5) is 0 Å². The van der Waals surface area contributed by atoms with Crippen LogP contribution in [0.3, 0.4) is 0 Å². The second kappa shape index (κ2) is 5.01. The Hall–Kier alpha value is -0.0231. The summed E-state index contributed by atoms with van der Waals surface area (Å²) in [6.07, 6.45) is 0.540. The van der Waals surface area contributed by atoms with Crippen molar-refractivity contribution < 1.29 is 13.3 Å². The van der Waals surface area contributed by atoms with Crippen molar-refractivity contribution in [1.82, 2.24) is 4.98 Å². The predicted molar refractivity (Wildman–Crippen MR) is 51.3 cm³/mol. The minimum atomic E-state index is -2.87. The normalized spacial score (nSPS) is 13.4. The van der Waals surface area contributed by atoms with E-state index in [-0.39, 0.29) is 0 Å². The molecular formula is C6H19N3O3Si. The molecule has 0 bridgehead atoms. The van der Waals surface area contributed by atoms with Crippen LogP contribution in [-0.2, 0) is 13.3 Å². The molecule has 0 radical (unpaired) electrons. The van der Waals surface area contributed by atoms with Gasteiger partial charge in [-0.05, 0) is 6.42 Å². The van der Waals surface area contributed by atoms with Crippen LogP contribution in [0, 0.1) is 0 Å². The van der Waals surface area contributed by atoms with E-state index in [1.54, 1.807) is 0 Å². The molecule has 80 valence electrons. The van der Waals surface area contributed by atoms with E-state index >= 15 is 0 Å². The van der Waals surface area contributed by atoms with Crippen LogP contribution >= 0.6 is 0 Å². The number of hydrogen-bond acceptors (Lipinski definition) is 6. The Morgan fingerprint density at radius 3 is 1.77 bits per heavy atom. The molecule has 0 saturated heterocycles. The van der Waals surface area contributed by atoms with Gasteiger partial charge in [0, 0.05) is 21.3 Å². The average molecular weight is 209 g/mol. The molecule has 0 fully saturated rings. The van der Waals surface area contributed by atoms with E-state index in [0.29, 0.717) is 6.42 Å². The maximum Gasteiger partial charge on any atom is 0.598 e. The number of rotatable bonds is 6. The summed E-state index contributed by atoms with van der Waals surface area (Å²) in [5, 5.41) is 0. The molecule has 0 aliphatic heterocycles. The van der Waals surface area contributed by atoms with Gasteiger partial charge in [0.1, 0.15) is 5.79 Å². The van der Waals surface area contributed by atoms with Crippen molar-refractivity contribution in [1.29, 1.82) is 0 Å². The second-order valence-electron chi connectivity index (χ2n) is 2.69. The molecule has 0 heterocycles. The van der Waals surface area contributed by atoms with Crippen LogP contribution in [0.15, 0.2) is 0 Å². The third-order valence-corrected chi connectivity index (χ3v) is 4.16. The zero-order valence-corrected chi connectivity index (χ0v) is 9.59. The summed E-state index contributed by atoms with van der Waals surface area (Å²) in [4.78, 5) is 2.83. The smallest absolute Gasteiger partial charge is 0.364 e. The van der Waals surface area contributed by atoms with Crippen LogP contribution in [-0.4, -0.2) is 36.1 Å². The molecule has 6 nitrogen and oxygen atoms in total. The van der Waals surface area contributed by atoms with Gasteiger partial charge in [0.25, 0.3) is 0 Å². The van der Waals surface area contributed by atoms with E-state index in [9.17, 15) is 0 Å². The summed E-state index contributed by atoms with van der Waals surface area (Å²) in [6, 6.07) is 0. The Morgan fingerprint density at radius 2 is 1.54 bits per heavy atom. The largest absolute Gasteiger partial charge is 0.598 e. The molecule has 0 aromatic rings. The summed E-state index contributed by atoms with van der Waals surface area (Å²) < 4.78 is 15.3. The summed E-state index contributed by atoms with van der Waals surface area (Å²) in [5.41, 5.74) is 11.4. The first-order chi connectivity index (χ1) is 5.95. The molecule has 0 rings (SSSR count). The third-order valence-electron chi connectivity index (χ3n) is 1.78. The van der Waals surface area contributed by atoms with E-state index in [0.717, 1.165) is 0 Å². The molecular weight excluding hydrogens is 190 g/mol. The Bertz CT molecular complexity index is 144. The zero-order chi connectivity index (χ0) is 10.5. The fraction of sp³-hybridized carbons (Fsp3) is 1.00. The third kappa shape index (κ3) is 3.69. The van der Waals surface area contributed by atoms with E-state index in [1.807, 2.05) is 6.92 Å². The molecule has 0 aliphatic carbocycles. The summed E-state index contributed by atoms with van der Waals surface area (Å²) >= 11 is 0. The van der Waals surface area contributed by atoms with Crippen molar-refractivity contribution >= 4 is 8.97 Å². The van der Waals surface area contributed by atoms with Gasteiger partial charge < -0.3 is 24.7 Å². The Morgan fingerprint density at radius 1 is 1.15 bits per heavy atom. The Kier molecular flexibility index (Phi) is 5.00. The maximum absolute atomic E-state index is 5.69. The van der Waals surface area contributed by atoms with Crippen molar-refractivity contribution in [3.63, 3.8) is 0 Å². The molecule has 0 aromatic heterocycles. The highest BCUT2D eigenvalue weighted by atomic mass is 28.4. The lowest BCUT2D eigenvalue weighted by Crippen LogP contribution is -2.73. The van der Waals surface area contributed by atoms with E-state index in [2.05, 4.69) is 4.98 Å². The van der Waals surface area contributed by atoms with Crippen molar-refractivity contribution in [3.05, 3.63) is 0 Å². The number of nitrogens with two attached hydrogens (primary N) is 2. The Balaban J connectivity index is 4.41. The van der Waals surface area contributed by atoms with Gasteiger partial charge in [-0.1, -0.05) is 6.92 Å². The summed E-state index contributed by atoms with van der Waals surface area (Å²) in [5.74, 6) is -1.03. The molecule has 0 spiro atoms. The van der Waals surface area contributed by atoms with Gasteiger partial charge in [-0.2, -0.15) is 0 Å². The van der Waals surface area contributed by atoms with Crippen LogP contribution in [0.25, 0.3) is 0 Å². The lowest BCUT2D eigenvalue weighted by Gasteiger charge is -2.33. The first-order valence-corrected chi connectivity index (χ1v) is 5.70. The topological polar surface area (TPSA) is 91.8 Å². The highest BCUT2D eigenvalue weighted by molar-refractivity contribution is 6.57. The minimum absolute atomic E-state index is 0.540. The lowest BCUT2D eigenvalue weighted by molar-refractivity contribution is 0.0941. The molecule has 0 atom stereocenters. The molecule has 0 aliphatic rings. The van der Waals surface area contributed by atoms with Gasteiger partial charge in [-0.25, -0.2) is 4.98 Å². The van der Waals surface area contributed by atoms with Crippen LogP contribution < -0.4 is 16.4 Å². The molecule has 0 unspecified atom stereocenters. The fourth-order valence-electron chi connectivity index (χ4n) is 0.777. The highest BCUT2D eigenvalue weighted by Crippen LogP contribution is 2.05. The van der Waals surface area contributed by atoms with E-state index < -0.39 is 14.8 Å². The maximum atomic E-state index is 5.69. The standard InChI is InChI=1S/C6H19N3O3Si/c1-5-6(7,8)9-13(10-2,11-3)12-4/h9H,5,7-8H2,1-4H3. The molecule has 5 N–H and O–H groups in total. The average Bonchev–Trinajstić information content (AvgIpc) is 2.14. The van der Waals surface area contributed by atoms with Crippen LogP contribution in [0.5, 0.6) is 0 Å². The van der Waals surface area contributed by atoms with Gasteiger partial charge in [-0.3, -0.25) is 0 Å².